The Bertz CT molecular complexity index is 546. The van der Waals surface area contributed by atoms with Crippen molar-refractivity contribution >= 4 is 45.6 Å². The van der Waals surface area contributed by atoms with E-state index in [1.54, 1.807) is 6.07 Å². The monoisotopic (exact) mass is 358 g/mol. The molecule has 2 atom stereocenters. The van der Waals surface area contributed by atoms with E-state index < -0.39 is 10.0 Å². The van der Waals surface area contributed by atoms with Crippen molar-refractivity contribution in [2.75, 3.05) is 6.54 Å². The topological polar surface area (TPSA) is 58.2 Å². The van der Waals surface area contributed by atoms with Gasteiger partial charge in [-0.15, -0.1) is 12.4 Å². The molecule has 1 aliphatic rings. The van der Waals surface area contributed by atoms with Gasteiger partial charge in [-0.25, -0.2) is 13.1 Å². The molecule has 0 aromatic heterocycles. The average Bonchev–Trinajstić information content (AvgIpc) is 2.31. The molecule has 0 radical (unpaired) electrons. The van der Waals surface area contributed by atoms with Gasteiger partial charge in [0, 0.05) is 12.1 Å². The van der Waals surface area contributed by atoms with Gasteiger partial charge < -0.3 is 5.32 Å². The van der Waals surface area contributed by atoms with Crippen molar-refractivity contribution in [3.8, 4) is 0 Å². The van der Waals surface area contributed by atoms with Crippen molar-refractivity contribution in [2.24, 2.45) is 0 Å². The zero-order valence-electron chi connectivity index (χ0n) is 10.9. The van der Waals surface area contributed by atoms with Crippen LogP contribution in [0.2, 0.25) is 10.0 Å². The van der Waals surface area contributed by atoms with Gasteiger partial charge in [-0.1, -0.05) is 29.3 Å². The smallest absolute Gasteiger partial charge is 0.243 e. The second-order valence-electron chi connectivity index (χ2n) is 4.66. The molecule has 8 heteroatoms. The largest absolute Gasteiger partial charge is 0.313 e. The highest BCUT2D eigenvalue weighted by atomic mass is 35.5. The molecule has 0 aliphatic carbocycles. The van der Waals surface area contributed by atoms with Gasteiger partial charge in [0.2, 0.25) is 10.0 Å². The molecule has 0 saturated carbocycles. The number of sulfonamides is 1. The number of benzene rings is 1. The van der Waals surface area contributed by atoms with Crippen LogP contribution in [-0.2, 0) is 10.0 Å². The van der Waals surface area contributed by atoms with Crippen LogP contribution in [0.15, 0.2) is 23.1 Å². The average molecular weight is 360 g/mol. The summed E-state index contributed by atoms with van der Waals surface area (Å²) in [5.41, 5.74) is 0. The summed E-state index contributed by atoms with van der Waals surface area (Å²) in [5, 5.41) is 3.51. The summed E-state index contributed by atoms with van der Waals surface area (Å²) in [4.78, 5) is -0.0453. The summed E-state index contributed by atoms with van der Waals surface area (Å²) in [6, 6.07) is 4.60. The van der Waals surface area contributed by atoms with Crippen molar-refractivity contribution in [1.82, 2.24) is 10.0 Å². The molecule has 1 aromatic carbocycles. The molecule has 1 aliphatic heterocycles. The van der Waals surface area contributed by atoms with Crippen LogP contribution in [0, 0.1) is 0 Å². The maximum Gasteiger partial charge on any atom is 0.243 e. The van der Waals surface area contributed by atoms with Crippen molar-refractivity contribution in [1.29, 1.82) is 0 Å². The number of rotatable bonds is 3. The van der Waals surface area contributed by atoms with Gasteiger partial charge in [0.15, 0.2) is 0 Å². The minimum Gasteiger partial charge on any atom is -0.313 e. The summed E-state index contributed by atoms with van der Waals surface area (Å²) in [5.74, 6) is 0. The van der Waals surface area contributed by atoms with Crippen LogP contribution >= 0.6 is 35.6 Å². The van der Waals surface area contributed by atoms with Crippen molar-refractivity contribution in [3.63, 3.8) is 0 Å². The van der Waals surface area contributed by atoms with E-state index in [-0.39, 0.29) is 39.4 Å². The van der Waals surface area contributed by atoms with E-state index in [2.05, 4.69) is 10.0 Å². The summed E-state index contributed by atoms with van der Waals surface area (Å²) in [6.07, 6.45) is 1.74. The quantitative estimate of drug-likeness (QED) is 0.872. The van der Waals surface area contributed by atoms with Crippen LogP contribution in [0.4, 0.5) is 0 Å². The first-order valence-corrected chi connectivity index (χ1v) is 8.35. The van der Waals surface area contributed by atoms with E-state index in [4.69, 9.17) is 23.2 Å². The van der Waals surface area contributed by atoms with Crippen LogP contribution in [0.5, 0.6) is 0 Å². The van der Waals surface area contributed by atoms with E-state index in [0.717, 1.165) is 19.4 Å². The first-order valence-electron chi connectivity index (χ1n) is 6.11. The van der Waals surface area contributed by atoms with Crippen molar-refractivity contribution in [2.45, 2.75) is 36.7 Å². The fraction of sp³-hybridized carbons (Fsp3) is 0.500. The Hall–Kier alpha value is -0.0400. The molecular formula is C12H17Cl3N2O2S. The number of hydrogen-bond acceptors (Lipinski definition) is 3. The summed E-state index contributed by atoms with van der Waals surface area (Å²) >= 11 is 11.9. The molecule has 1 saturated heterocycles. The predicted molar refractivity (Wildman–Crippen MR) is 84.5 cm³/mol. The normalized spacial score (nSPS) is 23.1. The van der Waals surface area contributed by atoms with Crippen LogP contribution in [0.25, 0.3) is 0 Å². The number of piperidine rings is 1. The van der Waals surface area contributed by atoms with E-state index in [9.17, 15) is 8.42 Å². The Labute approximate surface area is 135 Å². The highest BCUT2D eigenvalue weighted by molar-refractivity contribution is 7.89. The first kappa shape index (κ1) is 18.0. The van der Waals surface area contributed by atoms with Gasteiger partial charge >= 0.3 is 0 Å². The van der Waals surface area contributed by atoms with Gasteiger partial charge in [0.1, 0.15) is 4.90 Å². The first-order chi connectivity index (χ1) is 8.92. The molecule has 2 unspecified atom stereocenters. The van der Waals surface area contributed by atoms with Gasteiger partial charge in [0.25, 0.3) is 0 Å². The fourth-order valence-corrected chi connectivity index (χ4v) is 4.70. The Kier molecular flexibility index (Phi) is 6.57. The SMILES string of the molecule is CC1NCCCC1NS(=O)(=O)c1c(Cl)cccc1Cl.Cl. The van der Waals surface area contributed by atoms with Crippen LogP contribution in [0.1, 0.15) is 19.8 Å². The van der Waals surface area contributed by atoms with Crippen LogP contribution < -0.4 is 10.0 Å². The zero-order chi connectivity index (χ0) is 14.0. The van der Waals surface area contributed by atoms with E-state index in [0.29, 0.717) is 0 Å². The molecule has 1 fully saturated rings. The van der Waals surface area contributed by atoms with E-state index in [1.807, 2.05) is 6.92 Å². The molecule has 1 heterocycles. The highest BCUT2D eigenvalue weighted by Crippen LogP contribution is 2.29. The minimum atomic E-state index is -3.71. The zero-order valence-corrected chi connectivity index (χ0v) is 14.0. The Morgan fingerprint density at radius 3 is 2.45 bits per heavy atom. The Balaban J connectivity index is 0.00000200. The van der Waals surface area contributed by atoms with E-state index >= 15 is 0 Å². The van der Waals surface area contributed by atoms with Crippen LogP contribution in [-0.4, -0.2) is 27.0 Å². The predicted octanol–water partition coefficient (Wildman–Crippen LogP) is 2.83. The lowest BCUT2D eigenvalue weighted by Gasteiger charge is -2.30. The van der Waals surface area contributed by atoms with Crippen LogP contribution in [0.3, 0.4) is 0 Å². The summed E-state index contributed by atoms with van der Waals surface area (Å²) in [6.45, 7) is 2.87. The fourth-order valence-electron chi connectivity index (χ4n) is 2.20. The summed E-state index contributed by atoms with van der Waals surface area (Å²) < 4.78 is 27.4. The van der Waals surface area contributed by atoms with Gasteiger partial charge in [-0.2, -0.15) is 0 Å². The molecule has 20 heavy (non-hydrogen) atoms. The molecule has 114 valence electrons. The maximum atomic E-state index is 12.4. The lowest BCUT2D eigenvalue weighted by atomic mass is 10.0. The molecule has 1 aromatic rings. The molecule has 0 bridgehead atoms. The lowest BCUT2D eigenvalue weighted by Crippen LogP contribution is -2.51. The minimum absolute atomic E-state index is 0. The third-order valence-electron chi connectivity index (χ3n) is 3.26. The lowest BCUT2D eigenvalue weighted by molar-refractivity contribution is 0.349. The maximum absolute atomic E-state index is 12.4. The van der Waals surface area contributed by atoms with Crippen molar-refractivity contribution < 1.29 is 8.42 Å². The number of nitrogens with one attached hydrogen (secondary N) is 2. The standard InChI is InChI=1S/C12H16Cl2N2O2S.ClH/c1-8-11(6-3-7-15-8)16-19(17,18)12-9(13)4-2-5-10(12)14;/h2,4-5,8,11,15-16H,3,6-7H2,1H3;1H. The molecule has 4 nitrogen and oxygen atoms in total. The van der Waals surface area contributed by atoms with E-state index in [1.165, 1.54) is 12.1 Å². The van der Waals surface area contributed by atoms with Crippen molar-refractivity contribution in [3.05, 3.63) is 28.2 Å². The third kappa shape index (κ3) is 4.00. The molecule has 2 N–H and O–H groups in total. The second kappa shape index (κ2) is 7.29. The molecule has 0 spiro atoms. The Morgan fingerprint density at radius 2 is 1.90 bits per heavy atom. The number of hydrogen-bond donors (Lipinski definition) is 2. The second-order valence-corrected chi connectivity index (χ2v) is 7.13. The number of halogens is 3. The summed E-state index contributed by atoms with van der Waals surface area (Å²) in [7, 11) is -3.71. The highest BCUT2D eigenvalue weighted by Gasteiger charge is 2.29. The molecule has 2 rings (SSSR count). The Morgan fingerprint density at radius 1 is 1.30 bits per heavy atom. The van der Waals surface area contributed by atoms with Gasteiger partial charge in [-0.3, -0.25) is 0 Å². The molecular weight excluding hydrogens is 343 g/mol. The molecule has 0 amide bonds. The third-order valence-corrected chi connectivity index (χ3v) is 5.70. The van der Waals surface area contributed by atoms with Gasteiger partial charge in [0.05, 0.1) is 10.0 Å². The van der Waals surface area contributed by atoms with Gasteiger partial charge in [-0.05, 0) is 38.4 Å².